The van der Waals surface area contributed by atoms with Crippen molar-refractivity contribution in [1.29, 1.82) is 0 Å². The molecule has 1 aromatic heterocycles. The summed E-state index contributed by atoms with van der Waals surface area (Å²) in [6.07, 6.45) is 4.68. The van der Waals surface area contributed by atoms with Crippen molar-refractivity contribution >= 4 is 40.4 Å². The monoisotopic (exact) mass is 673 g/mol. The number of hydrogen-bond donors (Lipinski definition) is 2. The molecule has 1 aliphatic rings. The number of primary amides is 1. The number of benzene rings is 1. The van der Waals surface area contributed by atoms with Gasteiger partial charge in [0.05, 0.1) is 41.7 Å². The maximum absolute atomic E-state index is 14.1. The first-order chi connectivity index (χ1) is 21.9. The second kappa shape index (κ2) is 18.2. The fourth-order valence-electron chi connectivity index (χ4n) is 7.14. The number of nitrogens with zero attached hydrogens (tertiary/aromatic N) is 3. The number of thiazole rings is 1. The van der Waals surface area contributed by atoms with Crippen LogP contribution in [-0.2, 0) is 25.5 Å². The second-order valence-corrected chi connectivity index (χ2v) is 14.4. The van der Waals surface area contributed by atoms with Crippen molar-refractivity contribution in [3.63, 3.8) is 0 Å². The van der Waals surface area contributed by atoms with Gasteiger partial charge in [0.2, 0.25) is 11.8 Å². The molecule has 8 atom stereocenters. The Morgan fingerprint density at radius 2 is 1.87 bits per heavy atom. The van der Waals surface area contributed by atoms with E-state index in [1.807, 2.05) is 60.5 Å². The Morgan fingerprint density at radius 3 is 2.41 bits per heavy atom. The highest BCUT2D eigenvalue weighted by Crippen LogP contribution is 2.31. The Hall–Kier alpha value is -2.44. The van der Waals surface area contributed by atoms with Gasteiger partial charge in [-0.25, -0.2) is 4.98 Å². The van der Waals surface area contributed by atoms with Gasteiger partial charge in [0.25, 0.3) is 0 Å². The number of likely N-dealkylation sites (tertiary alicyclic amines) is 1. The quantitative estimate of drug-likeness (QED) is 0.207. The summed E-state index contributed by atoms with van der Waals surface area (Å²) in [6.45, 7) is 11.0. The van der Waals surface area contributed by atoms with Crippen LogP contribution in [-0.4, -0.2) is 89.7 Å². The highest BCUT2D eigenvalue weighted by atomic mass is 32.1. The number of thiocarbonyl (C=S) groups is 1. The summed E-state index contributed by atoms with van der Waals surface area (Å²) in [5.41, 5.74) is 7.05. The van der Waals surface area contributed by atoms with Crippen LogP contribution in [0.3, 0.4) is 0 Å². The number of likely N-dealkylation sites (N-methyl/N-ethyl adjacent to an activating group) is 1. The van der Waals surface area contributed by atoms with Gasteiger partial charge in [0.15, 0.2) is 0 Å². The van der Waals surface area contributed by atoms with Crippen LogP contribution >= 0.6 is 23.6 Å². The molecular weight excluding hydrogens is 619 g/mol. The zero-order valence-corrected chi connectivity index (χ0v) is 30.5. The van der Waals surface area contributed by atoms with Crippen LogP contribution < -0.4 is 11.1 Å². The highest BCUT2D eigenvalue weighted by Gasteiger charge is 2.42. The van der Waals surface area contributed by atoms with Crippen LogP contribution in [0, 0.1) is 17.8 Å². The number of ether oxygens (including phenoxy) is 2. The maximum atomic E-state index is 14.1. The van der Waals surface area contributed by atoms with Gasteiger partial charge >= 0.3 is 0 Å². The van der Waals surface area contributed by atoms with Crippen LogP contribution in [0.25, 0.3) is 0 Å². The molecule has 11 heteroatoms. The summed E-state index contributed by atoms with van der Waals surface area (Å²) in [6, 6.07) is 9.51. The predicted octanol–water partition coefficient (Wildman–Crippen LogP) is 5.25. The SMILES string of the molecule is CC[C@H](C)[C@@H]([C@@H](CC(=O)N1CCC[C@H]1[C@H](OC)[C@@H](C)C(=S)N[C@@H](Cc1ccccc1)c1nccs1)OC)N(C)[C@H](C(N)=O)C(C)C. The number of methoxy groups -OCH3 is 2. The molecule has 1 fully saturated rings. The highest BCUT2D eigenvalue weighted by molar-refractivity contribution is 7.80. The molecule has 256 valence electrons. The minimum atomic E-state index is -0.464. The molecule has 46 heavy (non-hydrogen) atoms. The minimum absolute atomic E-state index is 0.0223. The number of nitrogens with two attached hydrogens (primary N) is 1. The number of hydrogen-bond acceptors (Lipinski definition) is 8. The third kappa shape index (κ3) is 9.56. The first-order valence-electron chi connectivity index (χ1n) is 16.5. The Kier molecular flexibility index (Phi) is 15.0. The van der Waals surface area contributed by atoms with Crippen LogP contribution in [0.5, 0.6) is 0 Å². The van der Waals surface area contributed by atoms with Crippen molar-refractivity contribution in [3.05, 3.63) is 52.5 Å². The van der Waals surface area contributed by atoms with Crippen molar-refractivity contribution in [2.24, 2.45) is 23.5 Å². The first kappa shape index (κ1) is 38.0. The van der Waals surface area contributed by atoms with Crippen molar-refractivity contribution in [2.75, 3.05) is 27.8 Å². The van der Waals surface area contributed by atoms with E-state index >= 15 is 0 Å². The predicted molar refractivity (Wildman–Crippen MR) is 190 cm³/mol. The average molecular weight is 674 g/mol. The van der Waals surface area contributed by atoms with Crippen molar-refractivity contribution in [1.82, 2.24) is 20.1 Å². The van der Waals surface area contributed by atoms with Crippen LogP contribution in [0.15, 0.2) is 41.9 Å². The summed E-state index contributed by atoms with van der Waals surface area (Å²) < 4.78 is 12.1. The van der Waals surface area contributed by atoms with Gasteiger partial charge in [-0.3, -0.25) is 14.5 Å². The molecule has 3 rings (SSSR count). The van der Waals surface area contributed by atoms with Gasteiger partial charge in [-0.2, -0.15) is 0 Å². The smallest absolute Gasteiger partial charge is 0.235 e. The molecule has 9 nitrogen and oxygen atoms in total. The molecule has 0 unspecified atom stereocenters. The molecule has 2 amide bonds. The van der Waals surface area contributed by atoms with E-state index in [1.165, 1.54) is 5.56 Å². The molecule has 0 saturated carbocycles. The van der Waals surface area contributed by atoms with Crippen molar-refractivity contribution in [3.8, 4) is 0 Å². The molecule has 0 aliphatic carbocycles. The van der Waals surface area contributed by atoms with Crippen LogP contribution in [0.1, 0.15) is 76.9 Å². The van der Waals surface area contributed by atoms with Crippen molar-refractivity contribution < 1.29 is 19.1 Å². The van der Waals surface area contributed by atoms with Gasteiger partial charge in [-0.1, -0.05) is 83.6 Å². The molecule has 2 heterocycles. The van der Waals surface area contributed by atoms with E-state index in [1.54, 1.807) is 25.6 Å². The minimum Gasteiger partial charge on any atom is -0.379 e. The number of nitrogens with one attached hydrogen (secondary N) is 1. The Balaban J connectivity index is 1.77. The number of aromatic nitrogens is 1. The average Bonchev–Trinajstić information content (AvgIpc) is 3.74. The summed E-state index contributed by atoms with van der Waals surface area (Å²) >= 11 is 7.61. The van der Waals surface area contributed by atoms with Gasteiger partial charge in [0, 0.05) is 44.3 Å². The Bertz CT molecular complexity index is 1230. The van der Waals surface area contributed by atoms with E-state index in [4.69, 9.17) is 27.4 Å². The molecule has 1 aromatic carbocycles. The lowest BCUT2D eigenvalue weighted by molar-refractivity contribution is -0.140. The van der Waals surface area contributed by atoms with Crippen molar-refractivity contribution in [2.45, 2.75) is 103 Å². The molecule has 0 radical (unpaired) electrons. The zero-order chi connectivity index (χ0) is 34.0. The number of rotatable bonds is 18. The van der Waals surface area contributed by atoms with E-state index in [2.05, 4.69) is 43.2 Å². The molecule has 3 N–H and O–H groups in total. The van der Waals surface area contributed by atoms with Gasteiger partial charge < -0.3 is 25.4 Å². The number of carbonyl (C=O) groups is 2. The molecular formula is C35H55N5O4S2. The van der Waals surface area contributed by atoms with E-state index < -0.39 is 12.1 Å². The molecule has 2 aromatic rings. The molecule has 0 bridgehead atoms. The lowest BCUT2D eigenvalue weighted by Gasteiger charge is -2.42. The lowest BCUT2D eigenvalue weighted by Crippen LogP contribution is -2.57. The van der Waals surface area contributed by atoms with Crippen LogP contribution in [0.4, 0.5) is 0 Å². The van der Waals surface area contributed by atoms with Gasteiger partial charge in [-0.15, -0.1) is 11.3 Å². The number of amides is 2. The fraction of sp³-hybridized carbons (Fsp3) is 0.657. The summed E-state index contributed by atoms with van der Waals surface area (Å²) in [5, 5.41) is 6.56. The summed E-state index contributed by atoms with van der Waals surface area (Å²) in [5.74, 6) is -0.289. The third-order valence-electron chi connectivity index (χ3n) is 9.64. The maximum Gasteiger partial charge on any atom is 0.235 e. The van der Waals surface area contributed by atoms with Crippen LogP contribution in [0.2, 0.25) is 0 Å². The molecule has 0 spiro atoms. The summed E-state index contributed by atoms with van der Waals surface area (Å²) in [7, 11) is 5.28. The molecule has 1 aliphatic heterocycles. The first-order valence-corrected chi connectivity index (χ1v) is 17.8. The second-order valence-electron chi connectivity index (χ2n) is 13.0. The largest absolute Gasteiger partial charge is 0.379 e. The normalized spacial score (nSPS) is 19.8. The van der Waals surface area contributed by atoms with E-state index in [0.29, 0.717) is 11.5 Å². The zero-order valence-electron chi connectivity index (χ0n) is 28.8. The van der Waals surface area contributed by atoms with E-state index in [0.717, 1.165) is 30.7 Å². The Morgan fingerprint density at radius 1 is 1.17 bits per heavy atom. The van der Waals surface area contributed by atoms with Gasteiger partial charge in [0.1, 0.15) is 5.01 Å². The fourth-order valence-corrected chi connectivity index (χ4v) is 8.10. The topological polar surface area (TPSA) is 110 Å². The summed E-state index contributed by atoms with van der Waals surface area (Å²) in [4.78, 5) is 35.8. The lowest BCUT2D eigenvalue weighted by atomic mass is 9.88. The standard InChI is InChI=1S/C35H55N5O4S2/c1-9-23(4)31(39(6)30(22(2)3)33(36)42)28(43-7)21-29(41)40-18-13-16-27(40)32(44-8)24(5)34(45)38-26(35-37-17-19-46-35)20-25-14-11-10-12-15-25/h10-12,14-15,17,19,22-24,26-28,30-32H,9,13,16,18,20-21H2,1-8H3,(H2,36,42)(H,38,45)/t23-,24+,26-,27-,28+,30-,31-,32+/m0/s1. The molecule has 1 saturated heterocycles. The van der Waals surface area contributed by atoms with E-state index in [9.17, 15) is 9.59 Å². The third-order valence-corrected chi connectivity index (χ3v) is 11.0. The Labute approximate surface area is 285 Å². The number of carbonyl (C=O) groups excluding carboxylic acids is 2. The van der Waals surface area contributed by atoms with E-state index in [-0.39, 0.29) is 60.2 Å². The van der Waals surface area contributed by atoms with Gasteiger partial charge in [-0.05, 0) is 43.7 Å².